The second kappa shape index (κ2) is 7.41. The molecule has 0 bridgehead atoms. The molecule has 3 aromatic rings. The molecule has 0 spiro atoms. The number of amides is 1. The fourth-order valence-electron chi connectivity index (χ4n) is 4.21. The minimum atomic E-state index is -3.55. The molecular weight excluding hydrogens is 406 g/mol. The summed E-state index contributed by atoms with van der Waals surface area (Å²) >= 11 is 0. The van der Waals surface area contributed by atoms with E-state index in [2.05, 4.69) is 5.16 Å². The number of cyclic esters (lactones) is 1. The molecule has 0 N–H and O–H groups in total. The number of anilines is 1. The summed E-state index contributed by atoms with van der Waals surface area (Å²) in [6.45, 7) is 0.952. The van der Waals surface area contributed by atoms with Crippen molar-refractivity contribution in [2.24, 2.45) is 0 Å². The summed E-state index contributed by atoms with van der Waals surface area (Å²) in [7, 11) is -3.55. The van der Waals surface area contributed by atoms with Crippen LogP contribution in [-0.4, -0.2) is 43.1 Å². The van der Waals surface area contributed by atoms with E-state index >= 15 is 0 Å². The zero-order valence-corrected chi connectivity index (χ0v) is 17.0. The molecule has 1 amide bonds. The Hall–Kier alpha value is -2.91. The Balaban J connectivity index is 1.30. The van der Waals surface area contributed by atoms with Crippen LogP contribution < -0.4 is 4.90 Å². The average molecular weight is 427 g/mol. The van der Waals surface area contributed by atoms with Crippen molar-refractivity contribution in [2.75, 3.05) is 18.0 Å². The Kier molecular flexibility index (Phi) is 4.71. The van der Waals surface area contributed by atoms with Gasteiger partial charge >= 0.3 is 6.09 Å². The smallest absolute Gasteiger partial charge is 0.414 e. The van der Waals surface area contributed by atoms with Crippen LogP contribution in [0.3, 0.4) is 0 Å². The van der Waals surface area contributed by atoms with Crippen LogP contribution in [0.4, 0.5) is 10.5 Å². The SMILES string of the molecule is O=C1OCc2ccccc2N1C1CCN(S(=O)(=O)Cc2noc3ccccc23)CC1. The standard InChI is InChI=1S/C21H21N3O5S/c25-21-24(19-7-3-1-5-15(19)13-28-21)16-9-11-23(12-10-16)30(26,27)14-18-17-6-2-4-8-20(17)29-22-18/h1-8,16H,9-14H2. The zero-order chi connectivity index (χ0) is 20.7. The number of carbonyl (C=O) groups is 1. The van der Waals surface area contributed by atoms with Gasteiger partial charge in [0.05, 0.1) is 5.69 Å². The third-order valence-electron chi connectivity index (χ3n) is 5.75. The molecule has 0 saturated carbocycles. The minimum Gasteiger partial charge on any atom is -0.444 e. The molecule has 2 aromatic carbocycles. The summed E-state index contributed by atoms with van der Waals surface area (Å²) in [5, 5.41) is 4.66. The summed E-state index contributed by atoms with van der Waals surface area (Å²) < 4.78 is 38.0. The van der Waals surface area contributed by atoms with Gasteiger partial charge in [-0.2, -0.15) is 0 Å². The first kappa shape index (κ1) is 19.1. The van der Waals surface area contributed by atoms with E-state index in [0.717, 1.165) is 11.3 Å². The Labute approximate surface area is 174 Å². The maximum atomic E-state index is 13.0. The molecule has 1 fully saturated rings. The number of para-hydroxylation sites is 2. The van der Waals surface area contributed by atoms with Crippen molar-refractivity contribution in [2.45, 2.75) is 31.2 Å². The van der Waals surface area contributed by atoms with Gasteiger partial charge in [-0.1, -0.05) is 35.5 Å². The number of rotatable bonds is 4. The van der Waals surface area contributed by atoms with E-state index in [1.54, 1.807) is 11.0 Å². The van der Waals surface area contributed by atoms with Crippen molar-refractivity contribution < 1.29 is 22.5 Å². The number of hydrogen-bond acceptors (Lipinski definition) is 6. The molecule has 8 nitrogen and oxygen atoms in total. The van der Waals surface area contributed by atoms with Crippen LogP contribution in [0.2, 0.25) is 0 Å². The molecular formula is C21H21N3O5S. The van der Waals surface area contributed by atoms with Crippen molar-refractivity contribution in [1.29, 1.82) is 0 Å². The molecule has 3 heterocycles. The van der Waals surface area contributed by atoms with E-state index in [1.165, 1.54) is 4.31 Å². The Morgan fingerprint density at radius 1 is 1.03 bits per heavy atom. The van der Waals surface area contributed by atoms with E-state index in [0.29, 0.717) is 42.6 Å². The summed E-state index contributed by atoms with van der Waals surface area (Å²) in [4.78, 5) is 14.1. The van der Waals surface area contributed by atoms with Crippen LogP contribution in [0.1, 0.15) is 24.1 Å². The number of benzene rings is 2. The Bertz CT molecular complexity index is 1200. The third-order valence-corrected chi connectivity index (χ3v) is 7.54. The quantitative estimate of drug-likeness (QED) is 0.634. The van der Waals surface area contributed by atoms with Gasteiger partial charge < -0.3 is 9.26 Å². The number of carbonyl (C=O) groups excluding carboxylic acids is 1. The van der Waals surface area contributed by atoms with Crippen LogP contribution in [0.5, 0.6) is 0 Å². The molecule has 0 atom stereocenters. The van der Waals surface area contributed by atoms with Crippen LogP contribution in [-0.2, 0) is 27.1 Å². The van der Waals surface area contributed by atoms with Gasteiger partial charge in [-0.3, -0.25) is 4.90 Å². The molecule has 5 rings (SSSR count). The third kappa shape index (κ3) is 3.33. The highest BCUT2D eigenvalue weighted by Gasteiger charge is 2.36. The average Bonchev–Trinajstić information content (AvgIpc) is 3.16. The molecule has 30 heavy (non-hydrogen) atoms. The number of piperidine rings is 1. The van der Waals surface area contributed by atoms with Gasteiger partial charge in [-0.05, 0) is 31.0 Å². The maximum Gasteiger partial charge on any atom is 0.414 e. The van der Waals surface area contributed by atoms with E-state index < -0.39 is 10.0 Å². The van der Waals surface area contributed by atoms with E-state index in [1.807, 2.05) is 42.5 Å². The summed E-state index contributed by atoms with van der Waals surface area (Å²) in [5.74, 6) is -0.205. The largest absolute Gasteiger partial charge is 0.444 e. The first-order valence-corrected chi connectivity index (χ1v) is 11.5. The predicted molar refractivity (Wildman–Crippen MR) is 110 cm³/mol. The molecule has 2 aliphatic rings. The molecule has 9 heteroatoms. The number of nitrogens with zero attached hydrogens (tertiary/aromatic N) is 3. The maximum absolute atomic E-state index is 13.0. The molecule has 0 radical (unpaired) electrons. The van der Waals surface area contributed by atoms with E-state index in [9.17, 15) is 13.2 Å². The number of aromatic nitrogens is 1. The lowest BCUT2D eigenvalue weighted by Crippen LogP contribution is -2.50. The number of fused-ring (bicyclic) bond motifs is 2. The first-order valence-electron chi connectivity index (χ1n) is 9.88. The number of ether oxygens (including phenoxy) is 1. The van der Waals surface area contributed by atoms with Gasteiger partial charge in [0.25, 0.3) is 0 Å². The van der Waals surface area contributed by atoms with Crippen LogP contribution in [0.25, 0.3) is 11.0 Å². The number of sulfonamides is 1. The van der Waals surface area contributed by atoms with E-state index in [-0.39, 0.29) is 24.5 Å². The highest BCUT2D eigenvalue weighted by atomic mass is 32.2. The van der Waals surface area contributed by atoms with Gasteiger partial charge in [-0.15, -0.1) is 0 Å². The Morgan fingerprint density at radius 3 is 2.60 bits per heavy atom. The van der Waals surface area contributed by atoms with Crippen molar-refractivity contribution in [3.05, 3.63) is 59.8 Å². The van der Waals surface area contributed by atoms with Crippen molar-refractivity contribution >= 4 is 32.8 Å². The van der Waals surface area contributed by atoms with Gasteiger partial charge in [0.2, 0.25) is 10.0 Å². The minimum absolute atomic E-state index is 0.0988. The molecule has 0 unspecified atom stereocenters. The normalized spacial score (nSPS) is 18.4. The van der Waals surface area contributed by atoms with Crippen molar-refractivity contribution in [1.82, 2.24) is 9.46 Å². The second-order valence-electron chi connectivity index (χ2n) is 7.57. The molecule has 156 valence electrons. The lowest BCUT2D eigenvalue weighted by atomic mass is 10.0. The molecule has 1 aromatic heterocycles. The fourth-order valence-corrected chi connectivity index (χ4v) is 5.71. The lowest BCUT2D eigenvalue weighted by molar-refractivity contribution is 0.136. The summed E-state index contributed by atoms with van der Waals surface area (Å²) in [5.41, 5.74) is 2.80. The van der Waals surface area contributed by atoms with Crippen LogP contribution in [0, 0.1) is 0 Å². The van der Waals surface area contributed by atoms with E-state index in [4.69, 9.17) is 9.26 Å². The second-order valence-corrected chi connectivity index (χ2v) is 9.53. The molecule has 1 saturated heterocycles. The highest BCUT2D eigenvalue weighted by Crippen LogP contribution is 2.32. The number of hydrogen-bond donors (Lipinski definition) is 0. The Morgan fingerprint density at radius 2 is 1.77 bits per heavy atom. The topological polar surface area (TPSA) is 93.0 Å². The lowest BCUT2D eigenvalue weighted by Gasteiger charge is -2.39. The zero-order valence-electron chi connectivity index (χ0n) is 16.2. The highest BCUT2D eigenvalue weighted by molar-refractivity contribution is 7.88. The van der Waals surface area contributed by atoms with Crippen molar-refractivity contribution in [3.63, 3.8) is 0 Å². The van der Waals surface area contributed by atoms with Crippen LogP contribution in [0.15, 0.2) is 53.1 Å². The van der Waals surface area contributed by atoms with Gasteiger partial charge in [-0.25, -0.2) is 17.5 Å². The van der Waals surface area contributed by atoms with Gasteiger partial charge in [0, 0.05) is 30.1 Å². The monoisotopic (exact) mass is 427 g/mol. The molecule has 0 aliphatic carbocycles. The molecule has 2 aliphatic heterocycles. The fraction of sp³-hybridized carbons (Fsp3) is 0.333. The van der Waals surface area contributed by atoms with Crippen LogP contribution >= 0.6 is 0 Å². The predicted octanol–water partition coefficient (Wildman–Crippen LogP) is 3.28. The van der Waals surface area contributed by atoms with Gasteiger partial charge in [0.15, 0.2) is 5.58 Å². The summed E-state index contributed by atoms with van der Waals surface area (Å²) in [6.07, 6.45) is 0.717. The summed E-state index contributed by atoms with van der Waals surface area (Å²) in [6, 6.07) is 14.8. The first-order chi connectivity index (χ1) is 14.5. The van der Waals surface area contributed by atoms with Gasteiger partial charge in [0.1, 0.15) is 18.1 Å². The van der Waals surface area contributed by atoms with Crippen molar-refractivity contribution in [3.8, 4) is 0 Å².